The van der Waals surface area contributed by atoms with Gasteiger partial charge in [-0.1, -0.05) is 24.3 Å². The second-order valence-corrected chi connectivity index (χ2v) is 6.98. The zero-order chi connectivity index (χ0) is 20.6. The Morgan fingerprint density at radius 3 is 2.69 bits per heavy atom. The van der Waals surface area contributed by atoms with Crippen molar-refractivity contribution < 1.29 is 14.3 Å². The molecule has 1 aliphatic rings. The maximum absolute atomic E-state index is 12.8. The van der Waals surface area contributed by atoms with Crippen LogP contribution in [0.15, 0.2) is 53.5 Å². The maximum atomic E-state index is 12.8. The third-order valence-corrected chi connectivity index (χ3v) is 4.55. The molecule has 152 valence electrons. The molecule has 0 saturated carbocycles. The van der Waals surface area contributed by atoms with Gasteiger partial charge < -0.3 is 15.4 Å². The Morgan fingerprint density at radius 2 is 1.97 bits per heavy atom. The van der Waals surface area contributed by atoms with Crippen molar-refractivity contribution in [1.82, 2.24) is 5.32 Å². The predicted octanol–water partition coefficient (Wildman–Crippen LogP) is 3.33. The number of rotatable bonds is 5. The average molecular weight is 394 g/mol. The van der Waals surface area contributed by atoms with E-state index in [9.17, 15) is 9.59 Å². The van der Waals surface area contributed by atoms with E-state index in [-0.39, 0.29) is 17.9 Å². The molecule has 0 aliphatic carbocycles. The number of carbonyl (C=O) groups excluding carboxylic acids is 2. The van der Waals surface area contributed by atoms with Crippen molar-refractivity contribution in [2.45, 2.75) is 32.8 Å². The molecular formula is C22H26N4O3. The van der Waals surface area contributed by atoms with Gasteiger partial charge in [-0.2, -0.15) is 0 Å². The van der Waals surface area contributed by atoms with Crippen molar-refractivity contribution >= 4 is 29.1 Å². The Morgan fingerprint density at radius 1 is 1.14 bits per heavy atom. The third-order valence-electron chi connectivity index (χ3n) is 4.55. The summed E-state index contributed by atoms with van der Waals surface area (Å²) in [5.41, 5.74) is 2.90. The Bertz CT molecular complexity index is 904. The van der Waals surface area contributed by atoms with E-state index in [2.05, 4.69) is 20.9 Å². The number of carbonyl (C=O) groups is 2. The number of nitrogens with one attached hydrogen (secondary N) is 3. The largest absolute Gasteiger partial charge is 0.376 e. The Labute approximate surface area is 170 Å². The SMILES string of the molecule is CC(=O)Nc1cccc(C(=O)NC(=NCC2CCCO2)Nc2ccccc2C)c1. The van der Waals surface area contributed by atoms with E-state index in [1.807, 2.05) is 31.2 Å². The summed E-state index contributed by atoms with van der Waals surface area (Å²) in [6, 6.07) is 14.6. The highest BCUT2D eigenvalue weighted by Gasteiger charge is 2.16. The quantitative estimate of drug-likeness (QED) is 0.536. The summed E-state index contributed by atoms with van der Waals surface area (Å²) >= 11 is 0. The van der Waals surface area contributed by atoms with E-state index in [1.165, 1.54) is 6.92 Å². The van der Waals surface area contributed by atoms with Crippen LogP contribution in [0.25, 0.3) is 0 Å². The lowest BCUT2D eigenvalue weighted by Crippen LogP contribution is -2.37. The van der Waals surface area contributed by atoms with Gasteiger partial charge in [0.1, 0.15) is 0 Å². The molecule has 29 heavy (non-hydrogen) atoms. The highest BCUT2D eigenvalue weighted by Crippen LogP contribution is 2.15. The second kappa shape index (κ2) is 9.84. The molecule has 3 rings (SSSR count). The molecule has 0 spiro atoms. The maximum Gasteiger partial charge on any atom is 0.258 e. The number of hydrogen-bond acceptors (Lipinski definition) is 4. The fourth-order valence-electron chi connectivity index (χ4n) is 3.05. The standard InChI is InChI=1S/C22H26N4O3/c1-15-7-3-4-11-20(15)25-22(23-14-19-10-6-12-29-19)26-21(28)17-8-5-9-18(13-17)24-16(2)27/h3-5,7-9,11,13,19H,6,10,12,14H2,1-2H3,(H,24,27)(H2,23,25,26,28). The summed E-state index contributed by atoms with van der Waals surface area (Å²) in [5.74, 6) is -0.142. The lowest BCUT2D eigenvalue weighted by molar-refractivity contribution is -0.114. The highest BCUT2D eigenvalue weighted by atomic mass is 16.5. The van der Waals surface area contributed by atoms with Gasteiger partial charge in [-0.05, 0) is 49.6 Å². The molecule has 1 unspecified atom stereocenters. The molecule has 7 nitrogen and oxygen atoms in total. The van der Waals surface area contributed by atoms with Crippen molar-refractivity contribution in [3.63, 3.8) is 0 Å². The molecule has 1 atom stereocenters. The highest BCUT2D eigenvalue weighted by molar-refractivity contribution is 6.10. The normalized spacial score (nSPS) is 16.3. The van der Waals surface area contributed by atoms with Crippen LogP contribution in [0.4, 0.5) is 11.4 Å². The molecule has 1 saturated heterocycles. The molecular weight excluding hydrogens is 368 g/mol. The number of aryl methyl sites for hydroxylation is 1. The number of amides is 2. The lowest BCUT2D eigenvalue weighted by atomic mass is 10.2. The molecule has 1 heterocycles. The van der Waals surface area contributed by atoms with E-state index >= 15 is 0 Å². The molecule has 0 bridgehead atoms. The monoisotopic (exact) mass is 394 g/mol. The number of nitrogens with zero attached hydrogens (tertiary/aromatic N) is 1. The molecule has 2 aromatic rings. The van der Waals surface area contributed by atoms with E-state index in [4.69, 9.17) is 4.74 Å². The first-order chi connectivity index (χ1) is 14.0. The van der Waals surface area contributed by atoms with Gasteiger partial charge >= 0.3 is 0 Å². The minimum Gasteiger partial charge on any atom is -0.376 e. The summed E-state index contributed by atoms with van der Waals surface area (Å²) < 4.78 is 5.63. The molecule has 2 amide bonds. The molecule has 0 radical (unpaired) electrons. The predicted molar refractivity (Wildman–Crippen MR) is 114 cm³/mol. The fourth-order valence-corrected chi connectivity index (χ4v) is 3.05. The van der Waals surface area contributed by atoms with Gasteiger partial charge in [0.25, 0.3) is 5.91 Å². The average Bonchev–Trinajstić information content (AvgIpc) is 3.21. The summed E-state index contributed by atoms with van der Waals surface area (Å²) in [5, 5.41) is 8.74. The zero-order valence-electron chi connectivity index (χ0n) is 16.7. The van der Waals surface area contributed by atoms with E-state index in [0.29, 0.717) is 23.8 Å². The summed E-state index contributed by atoms with van der Waals surface area (Å²) in [6.07, 6.45) is 2.07. The number of anilines is 2. The van der Waals surface area contributed by atoms with Crippen LogP contribution in [0, 0.1) is 6.92 Å². The summed E-state index contributed by atoms with van der Waals surface area (Å²) in [6.45, 7) is 4.64. The minimum atomic E-state index is -0.315. The van der Waals surface area contributed by atoms with E-state index < -0.39 is 0 Å². The molecule has 2 aromatic carbocycles. The van der Waals surface area contributed by atoms with Crippen molar-refractivity contribution in [3.8, 4) is 0 Å². The van der Waals surface area contributed by atoms with Gasteiger partial charge in [0.15, 0.2) is 0 Å². The van der Waals surface area contributed by atoms with Crippen LogP contribution in [0.5, 0.6) is 0 Å². The molecule has 0 aromatic heterocycles. The molecule has 1 aliphatic heterocycles. The number of para-hydroxylation sites is 1. The first-order valence-electron chi connectivity index (χ1n) is 9.69. The Kier molecular flexibility index (Phi) is 6.97. The van der Waals surface area contributed by atoms with Crippen molar-refractivity contribution in [1.29, 1.82) is 0 Å². The van der Waals surface area contributed by atoms with Gasteiger partial charge in [-0.3, -0.25) is 14.9 Å². The number of ether oxygens (including phenoxy) is 1. The van der Waals surface area contributed by atoms with Crippen LogP contribution in [0.3, 0.4) is 0 Å². The topological polar surface area (TPSA) is 91.8 Å². The van der Waals surface area contributed by atoms with Crippen LogP contribution in [0.2, 0.25) is 0 Å². The Balaban J connectivity index is 1.76. The number of benzene rings is 2. The third kappa shape index (κ3) is 6.15. The first-order valence-corrected chi connectivity index (χ1v) is 9.69. The molecule has 7 heteroatoms. The van der Waals surface area contributed by atoms with E-state index in [0.717, 1.165) is 30.7 Å². The molecule has 1 fully saturated rings. The van der Waals surface area contributed by atoms with Crippen LogP contribution in [-0.4, -0.2) is 37.0 Å². The van der Waals surface area contributed by atoms with Crippen LogP contribution < -0.4 is 16.0 Å². The van der Waals surface area contributed by atoms with Gasteiger partial charge in [0.05, 0.1) is 12.6 Å². The van der Waals surface area contributed by atoms with Gasteiger partial charge in [-0.25, -0.2) is 4.99 Å². The van der Waals surface area contributed by atoms with E-state index in [1.54, 1.807) is 24.3 Å². The summed E-state index contributed by atoms with van der Waals surface area (Å²) in [7, 11) is 0. The van der Waals surface area contributed by atoms with Crippen molar-refractivity contribution in [2.75, 3.05) is 23.8 Å². The fraction of sp³-hybridized carbons (Fsp3) is 0.318. The molecule has 3 N–H and O–H groups in total. The number of guanidine groups is 1. The number of aliphatic imine (C=N–C) groups is 1. The van der Waals surface area contributed by atoms with Gasteiger partial charge in [0, 0.05) is 30.5 Å². The second-order valence-electron chi connectivity index (χ2n) is 6.98. The summed E-state index contributed by atoms with van der Waals surface area (Å²) in [4.78, 5) is 28.6. The lowest BCUT2D eigenvalue weighted by Gasteiger charge is -2.15. The Hall–Kier alpha value is -3.19. The first kappa shape index (κ1) is 20.5. The van der Waals surface area contributed by atoms with Crippen LogP contribution >= 0.6 is 0 Å². The number of hydrogen-bond donors (Lipinski definition) is 3. The minimum absolute atomic E-state index is 0.0728. The van der Waals surface area contributed by atoms with Gasteiger partial charge in [-0.15, -0.1) is 0 Å². The van der Waals surface area contributed by atoms with Crippen molar-refractivity contribution in [2.24, 2.45) is 4.99 Å². The van der Waals surface area contributed by atoms with Crippen LogP contribution in [-0.2, 0) is 9.53 Å². The smallest absolute Gasteiger partial charge is 0.258 e. The zero-order valence-corrected chi connectivity index (χ0v) is 16.7. The van der Waals surface area contributed by atoms with Crippen LogP contribution in [0.1, 0.15) is 35.7 Å². The van der Waals surface area contributed by atoms with Gasteiger partial charge in [0.2, 0.25) is 11.9 Å². The van der Waals surface area contributed by atoms with Crippen molar-refractivity contribution in [3.05, 3.63) is 59.7 Å².